The first-order valence-corrected chi connectivity index (χ1v) is 10.9. The molecule has 0 saturated heterocycles. The molecule has 0 aliphatic heterocycles. The van der Waals surface area contributed by atoms with Gasteiger partial charge < -0.3 is 10.6 Å². The van der Waals surface area contributed by atoms with Crippen LogP contribution < -0.4 is 10.6 Å². The summed E-state index contributed by atoms with van der Waals surface area (Å²) in [5.74, 6) is -1.25. The summed E-state index contributed by atoms with van der Waals surface area (Å²) in [5, 5.41) is 5.93. The third kappa shape index (κ3) is 5.35. The molecule has 2 amide bonds. The minimum atomic E-state index is -0.702. The highest BCUT2D eigenvalue weighted by atomic mass is 35.5. The lowest BCUT2D eigenvalue weighted by molar-refractivity contribution is -0.118. The number of benzene rings is 2. The maximum absolute atomic E-state index is 14.1. The van der Waals surface area contributed by atoms with Crippen molar-refractivity contribution < 1.29 is 14.0 Å². The molecule has 1 aromatic heterocycles. The van der Waals surface area contributed by atoms with Gasteiger partial charge in [0.05, 0.1) is 16.3 Å². The predicted molar refractivity (Wildman–Crippen MR) is 116 cm³/mol. The second-order valence-corrected chi connectivity index (χ2v) is 8.45. The zero-order valence-corrected chi connectivity index (χ0v) is 17.8. The van der Waals surface area contributed by atoms with E-state index in [4.69, 9.17) is 11.6 Å². The fourth-order valence-corrected chi connectivity index (χ4v) is 4.63. The van der Waals surface area contributed by atoms with E-state index in [9.17, 15) is 14.0 Å². The van der Waals surface area contributed by atoms with Gasteiger partial charge in [0.25, 0.3) is 5.91 Å². The van der Waals surface area contributed by atoms with Gasteiger partial charge in [-0.1, -0.05) is 71.1 Å². The van der Waals surface area contributed by atoms with Crippen LogP contribution in [0, 0.1) is 5.82 Å². The summed E-state index contributed by atoms with van der Waals surface area (Å²) in [6.07, 6.45) is 0. The topological polar surface area (TPSA) is 71.1 Å². The molecule has 0 atom stereocenters. The number of nitrogens with zero attached hydrogens (tertiary/aromatic N) is 1. The number of aromatic nitrogens is 1. The molecule has 0 unspecified atom stereocenters. The number of thioether (sulfide) groups is 1. The molecule has 150 valence electrons. The second-order valence-electron chi connectivity index (χ2n) is 5.82. The fraction of sp³-hybridized carbons (Fsp3) is 0.150. The fourth-order valence-electron chi connectivity index (χ4n) is 2.49. The highest BCUT2D eigenvalue weighted by Gasteiger charge is 2.21. The van der Waals surface area contributed by atoms with Crippen LogP contribution in [0.1, 0.15) is 17.3 Å². The number of hydrogen-bond donors (Lipinski definition) is 2. The van der Waals surface area contributed by atoms with Crippen LogP contribution in [0.4, 0.5) is 9.39 Å². The van der Waals surface area contributed by atoms with Gasteiger partial charge in [-0.05, 0) is 19.1 Å². The molecule has 0 saturated carbocycles. The smallest absolute Gasteiger partial charge is 0.260 e. The highest BCUT2D eigenvalue weighted by molar-refractivity contribution is 8.01. The molecule has 9 heteroatoms. The third-order valence-electron chi connectivity index (χ3n) is 3.77. The van der Waals surface area contributed by atoms with Crippen molar-refractivity contribution in [1.29, 1.82) is 0 Å². The molecular weight excluding hydrogens is 433 g/mol. The number of carbonyl (C=O) groups excluding carboxylic acids is 2. The van der Waals surface area contributed by atoms with E-state index in [0.29, 0.717) is 21.6 Å². The Kier molecular flexibility index (Phi) is 7.24. The van der Waals surface area contributed by atoms with Gasteiger partial charge in [0, 0.05) is 12.1 Å². The Bertz CT molecular complexity index is 1010. The molecule has 3 rings (SSSR count). The molecule has 0 spiro atoms. The second kappa shape index (κ2) is 9.87. The Balaban J connectivity index is 1.89. The van der Waals surface area contributed by atoms with E-state index < -0.39 is 11.7 Å². The van der Waals surface area contributed by atoms with Crippen molar-refractivity contribution in [1.82, 2.24) is 10.3 Å². The first-order chi connectivity index (χ1) is 14.0. The summed E-state index contributed by atoms with van der Waals surface area (Å²) in [5.41, 5.74) is 1.12. The number of anilines is 1. The van der Waals surface area contributed by atoms with Gasteiger partial charge in [0.15, 0.2) is 4.34 Å². The lowest BCUT2D eigenvalue weighted by Crippen LogP contribution is -2.24. The first-order valence-electron chi connectivity index (χ1n) is 8.70. The Hall–Kier alpha value is -2.42. The average Bonchev–Trinajstić information content (AvgIpc) is 3.10. The van der Waals surface area contributed by atoms with E-state index in [1.165, 1.54) is 41.3 Å². The Morgan fingerprint density at radius 3 is 2.62 bits per heavy atom. The summed E-state index contributed by atoms with van der Waals surface area (Å²) < 4.78 is 14.7. The number of rotatable bonds is 7. The van der Waals surface area contributed by atoms with Crippen LogP contribution in [0.25, 0.3) is 11.3 Å². The molecular formula is C20H17ClFN3O2S2. The van der Waals surface area contributed by atoms with Crippen LogP contribution in [0.2, 0.25) is 5.02 Å². The Morgan fingerprint density at radius 2 is 1.93 bits per heavy atom. The molecule has 5 nitrogen and oxygen atoms in total. The molecule has 2 N–H and O–H groups in total. The molecule has 1 heterocycles. The van der Waals surface area contributed by atoms with Gasteiger partial charge in [-0.25, -0.2) is 9.37 Å². The monoisotopic (exact) mass is 449 g/mol. The maximum atomic E-state index is 14.1. The SMILES string of the molecule is CCNC(=O)CSc1nc(-c2ccccc2)c(NC(=O)c2c(F)cccc2Cl)s1. The average molecular weight is 450 g/mol. The molecule has 0 fully saturated rings. The zero-order valence-electron chi connectivity index (χ0n) is 15.4. The van der Waals surface area contributed by atoms with Crippen LogP contribution in [-0.4, -0.2) is 29.1 Å². The summed E-state index contributed by atoms with van der Waals surface area (Å²) in [7, 11) is 0. The highest BCUT2D eigenvalue weighted by Crippen LogP contribution is 2.38. The Labute approximate surface area is 180 Å². The molecule has 3 aromatic rings. The van der Waals surface area contributed by atoms with E-state index in [2.05, 4.69) is 15.6 Å². The van der Waals surface area contributed by atoms with E-state index in [0.717, 1.165) is 5.56 Å². The number of thiazole rings is 1. The number of halogens is 2. The van der Waals surface area contributed by atoms with Crippen LogP contribution >= 0.6 is 34.7 Å². The summed E-state index contributed by atoms with van der Waals surface area (Å²) in [6.45, 7) is 2.40. The van der Waals surface area contributed by atoms with Crippen molar-refractivity contribution in [3.05, 3.63) is 64.9 Å². The van der Waals surface area contributed by atoms with Crippen molar-refractivity contribution in [3.8, 4) is 11.3 Å². The molecule has 29 heavy (non-hydrogen) atoms. The van der Waals surface area contributed by atoms with Crippen LogP contribution in [0.15, 0.2) is 52.9 Å². The normalized spacial score (nSPS) is 10.6. The minimum absolute atomic E-state index is 0.0270. The molecule has 2 aromatic carbocycles. The lowest BCUT2D eigenvalue weighted by atomic mass is 10.1. The van der Waals surface area contributed by atoms with Gasteiger partial charge in [0.2, 0.25) is 5.91 Å². The third-order valence-corrected chi connectivity index (χ3v) is 6.20. The largest absolute Gasteiger partial charge is 0.356 e. The van der Waals surface area contributed by atoms with Crippen molar-refractivity contribution in [2.75, 3.05) is 17.6 Å². The molecule has 0 aliphatic carbocycles. The standard InChI is InChI=1S/C20H17ClFN3O2S2/c1-2-23-15(26)11-28-20-24-17(12-7-4-3-5-8-12)19(29-20)25-18(27)16-13(21)9-6-10-14(16)22/h3-10H,2,11H2,1H3,(H,23,26)(H,25,27). The molecule has 0 bridgehead atoms. The summed E-state index contributed by atoms with van der Waals surface area (Å²) in [6, 6.07) is 13.4. The number of carbonyl (C=O) groups is 2. The summed E-state index contributed by atoms with van der Waals surface area (Å²) in [4.78, 5) is 29.0. The van der Waals surface area contributed by atoms with Crippen LogP contribution in [0.3, 0.4) is 0 Å². The predicted octanol–water partition coefficient (Wildman–Crippen LogP) is 5.08. The van der Waals surface area contributed by atoms with Gasteiger partial charge in [-0.2, -0.15) is 0 Å². The van der Waals surface area contributed by atoms with E-state index >= 15 is 0 Å². The summed E-state index contributed by atoms with van der Waals surface area (Å²) >= 11 is 8.50. The van der Waals surface area contributed by atoms with Crippen molar-refractivity contribution in [3.63, 3.8) is 0 Å². The van der Waals surface area contributed by atoms with Crippen molar-refractivity contribution in [2.24, 2.45) is 0 Å². The maximum Gasteiger partial charge on any atom is 0.260 e. The van der Waals surface area contributed by atoms with Gasteiger partial charge in [-0.3, -0.25) is 9.59 Å². The van der Waals surface area contributed by atoms with E-state index in [-0.39, 0.29) is 22.2 Å². The van der Waals surface area contributed by atoms with Gasteiger partial charge in [0.1, 0.15) is 16.5 Å². The first kappa shape index (κ1) is 21.3. The van der Waals surface area contributed by atoms with E-state index in [1.807, 2.05) is 37.3 Å². The number of nitrogens with one attached hydrogen (secondary N) is 2. The van der Waals surface area contributed by atoms with Crippen molar-refractivity contribution in [2.45, 2.75) is 11.3 Å². The molecule has 0 radical (unpaired) electrons. The molecule has 0 aliphatic rings. The van der Waals surface area contributed by atoms with E-state index in [1.54, 1.807) is 0 Å². The zero-order chi connectivity index (χ0) is 20.8. The van der Waals surface area contributed by atoms with Crippen LogP contribution in [0.5, 0.6) is 0 Å². The quantitative estimate of drug-likeness (QED) is 0.493. The van der Waals surface area contributed by atoms with Crippen LogP contribution in [-0.2, 0) is 4.79 Å². The Morgan fingerprint density at radius 1 is 1.17 bits per heavy atom. The number of amides is 2. The minimum Gasteiger partial charge on any atom is -0.356 e. The lowest BCUT2D eigenvalue weighted by Gasteiger charge is -2.07. The number of hydrogen-bond acceptors (Lipinski definition) is 5. The van der Waals surface area contributed by atoms with Gasteiger partial charge >= 0.3 is 0 Å². The van der Waals surface area contributed by atoms with Crippen molar-refractivity contribution >= 4 is 51.5 Å². The van der Waals surface area contributed by atoms with Gasteiger partial charge in [-0.15, -0.1) is 0 Å².